The van der Waals surface area contributed by atoms with Crippen molar-refractivity contribution in [2.45, 2.75) is 6.04 Å². The molecule has 0 amide bonds. The Morgan fingerprint density at radius 2 is 1.83 bits per heavy atom. The Morgan fingerprint density at radius 3 is 2.39 bits per heavy atom. The van der Waals surface area contributed by atoms with Gasteiger partial charge in [-0.1, -0.05) is 12.1 Å². The van der Waals surface area contributed by atoms with E-state index in [0.29, 0.717) is 5.95 Å². The monoisotopic (exact) mass is 311 g/mol. The van der Waals surface area contributed by atoms with Crippen molar-refractivity contribution in [3.05, 3.63) is 52.5 Å². The van der Waals surface area contributed by atoms with Gasteiger partial charge >= 0.3 is 0 Å². The lowest BCUT2D eigenvalue weighted by atomic mass is 10.1. The molecule has 0 radical (unpaired) electrons. The van der Waals surface area contributed by atoms with Crippen LogP contribution in [0.3, 0.4) is 0 Å². The van der Waals surface area contributed by atoms with Gasteiger partial charge in [0.15, 0.2) is 0 Å². The van der Waals surface area contributed by atoms with Gasteiger partial charge in [0.05, 0.1) is 17.1 Å². The molecule has 0 bridgehead atoms. The Labute approximate surface area is 112 Å². The van der Waals surface area contributed by atoms with Crippen LogP contribution < -0.4 is 5.32 Å². The normalized spacial score (nSPS) is 12.2. The van der Waals surface area contributed by atoms with Gasteiger partial charge in [-0.05, 0) is 33.6 Å². The average Bonchev–Trinajstić information content (AvgIpc) is 2.39. The topological polar surface area (TPSA) is 58.0 Å². The van der Waals surface area contributed by atoms with Crippen molar-refractivity contribution in [3.63, 3.8) is 0 Å². The number of aliphatic hydroxyl groups excluding tert-OH is 1. The summed E-state index contributed by atoms with van der Waals surface area (Å²) in [4.78, 5) is 8.11. The standard InChI is InChI=1S/C12H11BrFN3O/c13-9-5-15-12(16-6-9)17-11(7-18)8-1-3-10(14)4-2-8/h1-6,11,18H,7H2,(H,15,16,17)/t11-/m0/s1. The van der Waals surface area contributed by atoms with Gasteiger partial charge in [-0.25, -0.2) is 14.4 Å². The lowest BCUT2D eigenvalue weighted by Crippen LogP contribution is -2.16. The number of aromatic nitrogens is 2. The van der Waals surface area contributed by atoms with Crippen LogP contribution in [0.5, 0.6) is 0 Å². The summed E-state index contributed by atoms with van der Waals surface area (Å²) in [6.45, 7) is -0.134. The van der Waals surface area contributed by atoms with Gasteiger partial charge in [0.2, 0.25) is 5.95 Å². The number of aliphatic hydroxyl groups is 1. The van der Waals surface area contributed by atoms with E-state index >= 15 is 0 Å². The molecular formula is C12H11BrFN3O. The van der Waals surface area contributed by atoms with E-state index in [4.69, 9.17) is 0 Å². The maximum atomic E-state index is 12.8. The molecule has 0 fully saturated rings. The van der Waals surface area contributed by atoms with Crippen molar-refractivity contribution in [2.24, 2.45) is 0 Å². The van der Waals surface area contributed by atoms with Crippen molar-refractivity contribution >= 4 is 21.9 Å². The van der Waals surface area contributed by atoms with E-state index in [1.54, 1.807) is 24.5 Å². The first-order valence-electron chi connectivity index (χ1n) is 5.29. The summed E-state index contributed by atoms with van der Waals surface area (Å²) >= 11 is 3.24. The Balaban J connectivity index is 2.14. The SMILES string of the molecule is OC[C@H](Nc1ncc(Br)cn1)c1ccc(F)cc1. The molecule has 4 nitrogen and oxygen atoms in total. The first-order chi connectivity index (χ1) is 8.69. The summed E-state index contributed by atoms with van der Waals surface area (Å²) in [6, 6.07) is 5.56. The minimum atomic E-state index is -0.369. The van der Waals surface area contributed by atoms with Crippen molar-refractivity contribution in [3.8, 4) is 0 Å². The summed E-state index contributed by atoms with van der Waals surface area (Å²) in [7, 11) is 0. The minimum absolute atomic E-state index is 0.134. The molecule has 2 rings (SSSR count). The lowest BCUT2D eigenvalue weighted by molar-refractivity contribution is 0.276. The third-order valence-corrected chi connectivity index (χ3v) is 2.79. The molecule has 6 heteroatoms. The van der Waals surface area contributed by atoms with Gasteiger partial charge in [-0.15, -0.1) is 0 Å². The molecule has 0 saturated carbocycles. The number of benzene rings is 1. The molecule has 2 aromatic rings. The molecule has 0 spiro atoms. The van der Waals surface area contributed by atoms with Crippen molar-refractivity contribution in [2.75, 3.05) is 11.9 Å². The number of hydrogen-bond donors (Lipinski definition) is 2. The third-order valence-electron chi connectivity index (χ3n) is 2.38. The molecule has 1 aromatic heterocycles. The lowest BCUT2D eigenvalue weighted by Gasteiger charge is -2.16. The van der Waals surface area contributed by atoms with Crippen LogP contribution in [0.2, 0.25) is 0 Å². The quantitative estimate of drug-likeness (QED) is 0.911. The van der Waals surface area contributed by atoms with E-state index in [2.05, 4.69) is 31.2 Å². The fourth-order valence-electron chi connectivity index (χ4n) is 1.47. The van der Waals surface area contributed by atoms with Crippen molar-refractivity contribution < 1.29 is 9.50 Å². The van der Waals surface area contributed by atoms with Gasteiger partial charge in [0.1, 0.15) is 5.82 Å². The van der Waals surface area contributed by atoms with Crippen LogP contribution in [0, 0.1) is 5.82 Å². The average molecular weight is 312 g/mol. The Morgan fingerprint density at radius 1 is 1.22 bits per heavy atom. The number of rotatable bonds is 4. The van der Waals surface area contributed by atoms with Gasteiger partial charge in [0.25, 0.3) is 0 Å². The second-order valence-electron chi connectivity index (χ2n) is 3.66. The fraction of sp³-hybridized carbons (Fsp3) is 0.167. The summed E-state index contributed by atoms with van der Waals surface area (Å²) in [5.41, 5.74) is 0.769. The number of halogens is 2. The molecular weight excluding hydrogens is 301 g/mol. The highest BCUT2D eigenvalue weighted by molar-refractivity contribution is 9.10. The Bertz CT molecular complexity index is 504. The number of nitrogens with one attached hydrogen (secondary N) is 1. The summed E-state index contributed by atoms with van der Waals surface area (Å²) in [6.07, 6.45) is 3.21. The highest BCUT2D eigenvalue weighted by atomic mass is 79.9. The fourth-order valence-corrected chi connectivity index (χ4v) is 1.68. The third kappa shape index (κ3) is 3.24. The molecule has 1 heterocycles. The molecule has 0 aliphatic heterocycles. The predicted molar refractivity (Wildman–Crippen MR) is 69.6 cm³/mol. The van der Waals surface area contributed by atoms with Crippen LogP contribution >= 0.6 is 15.9 Å². The van der Waals surface area contributed by atoms with E-state index in [1.165, 1.54) is 12.1 Å². The number of nitrogens with zero attached hydrogens (tertiary/aromatic N) is 2. The van der Waals surface area contributed by atoms with E-state index in [0.717, 1.165) is 10.0 Å². The molecule has 1 atom stereocenters. The maximum absolute atomic E-state index is 12.8. The van der Waals surface area contributed by atoms with E-state index in [1.807, 2.05) is 0 Å². The Kier molecular flexibility index (Phi) is 4.22. The molecule has 0 aliphatic rings. The zero-order valence-corrected chi connectivity index (χ0v) is 10.9. The van der Waals surface area contributed by atoms with E-state index < -0.39 is 0 Å². The first kappa shape index (κ1) is 12.9. The van der Waals surface area contributed by atoms with E-state index in [-0.39, 0.29) is 18.5 Å². The smallest absolute Gasteiger partial charge is 0.223 e. The molecule has 1 aromatic carbocycles. The van der Waals surface area contributed by atoms with Gasteiger partial charge in [0, 0.05) is 12.4 Å². The predicted octanol–water partition coefficient (Wildman–Crippen LogP) is 2.52. The molecule has 18 heavy (non-hydrogen) atoms. The second-order valence-corrected chi connectivity index (χ2v) is 4.57. The summed E-state index contributed by atoms with van der Waals surface area (Å²) < 4.78 is 13.6. The molecule has 94 valence electrons. The van der Waals surface area contributed by atoms with E-state index in [9.17, 15) is 9.50 Å². The zero-order chi connectivity index (χ0) is 13.0. The van der Waals surface area contributed by atoms with Crippen LogP contribution in [0.1, 0.15) is 11.6 Å². The molecule has 0 unspecified atom stereocenters. The first-order valence-corrected chi connectivity index (χ1v) is 6.09. The van der Waals surface area contributed by atoms with Gasteiger partial charge < -0.3 is 10.4 Å². The van der Waals surface area contributed by atoms with Crippen molar-refractivity contribution in [1.29, 1.82) is 0 Å². The van der Waals surface area contributed by atoms with Crippen LogP contribution in [0.15, 0.2) is 41.1 Å². The van der Waals surface area contributed by atoms with Crippen LogP contribution in [0.25, 0.3) is 0 Å². The van der Waals surface area contributed by atoms with Crippen LogP contribution in [-0.4, -0.2) is 21.7 Å². The second kappa shape index (κ2) is 5.88. The molecule has 0 saturated heterocycles. The van der Waals surface area contributed by atoms with Crippen LogP contribution in [0.4, 0.5) is 10.3 Å². The Hall–Kier alpha value is -1.53. The number of hydrogen-bond acceptors (Lipinski definition) is 4. The summed E-state index contributed by atoms with van der Waals surface area (Å²) in [5.74, 6) is 0.0944. The summed E-state index contributed by atoms with van der Waals surface area (Å²) in [5, 5.41) is 12.3. The maximum Gasteiger partial charge on any atom is 0.223 e. The van der Waals surface area contributed by atoms with Gasteiger partial charge in [-0.2, -0.15) is 0 Å². The molecule has 2 N–H and O–H groups in total. The highest BCUT2D eigenvalue weighted by Gasteiger charge is 2.11. The minimum Gasteiger partial charge on any atom is -0.394 e. The number of anilines is 1. The van der Waals surface area contributed by atoms with Crippen molar-refractivity contribution in [1.82, 2.24) is 9.97 Å². The highest BCUT2D eigenvalue weighted by Crippen LogP contribution is 2.17. The zero-order valence-electron chi connectivity index (χ0n) is 9.35. The van der Waals surface area contributed by atoms with Gasteiger partial charge in [-0.3, -0.25) is 0 Å². The largest absolute Gasteiger partial charge is 0.394 e. The molecule has 0 aliphatic carbocycles. The van der Waals surface area contributed by atoms with Crippen LogP contribution in [-0.2, 0) is 0 Å².